The largest absolute Gasteiger partial charge is 0.338 e. The minimum absolute atomic E-state index is 0.187. The summed E-state index contributed by atoms with van der Waals surface area (Å²) in [4.78, 5) is 26.8. The molecular formula is C20H22N2O2. The quantitative estimate of drug-likeness (QED) is 0.829. The molecule has 0 aliphatic rings. The number of nitrogens with zero attached hydrogens (tertiary/aromatic N) is 1. The van der Waals surface area contributed by atoms with Gasteiger partial charge in [-0.15, -0.1) is 0 Å². The van der Waals surface area contributed by atoms with Gasteiger partial charge >= 0.3 is 0 Å². The highest BCUT2D eigenvalue weighted by molar-refractivity contribution is 6.05. The fourth-order valence-corrected chi connectivity index (χ4v) is 2.33. The highest BCUT2D eigenvalue weighted by atomic mass is 16.2. The molecule has 0 spiro atoms. The van der Waals surface area contributed by atoms with Gasteiger partial charge in [0.1, 0.15) is 5.70 Å². The first-order chi connectivity index (χ1) is 11.7. The van der Waals surface area contributed by atoms with Crippen molar-refractivity contribution in [3.8, 4) is 0 Å². The van der Waals surface area contributed by atoms with E-state index < -0.39 is 0 Å². The van der Waals surface area contributed by atoms with Crippen molar-refractivity contribution < 1.29 is 9.59 Å². The van der Waals surface area contributed by atoms with Crippen LogP contribution in [0.3, 0.4) is 0 Å². The lowest BCUT2D eigenvalue weighted by molar-refractivity contribution is -0.127. The minimum Gasteiger partial charge on any atom is -0.338 e. The zero-order valence-electron chi connectivity index (χ0n) is 14.0. The highest BCUT2D eigenvalue weighted by Crippen LogP contribution is 2.09. The van der Waals surface area contributed by atoms with Crippen molar-refractivity contribution in [3.63, 3.8) is 0 Å². The van der Waals surface area contributed by atoms with Crippen LogP contribution < -0.4 is 5.32 Å². The summed E-state index contributed by atoms with van der Waals surface area (Å²) < 4.78 is 0. The summed E-state index contributed by atoms with van der Waals surface area (Å²) in [7, 11) is 0. The second-order valence-electron chi connectivity index (χ2n) is 5.27. The zero-order chi connectivity index (χ0) is 17.4. The van der Waals surface area contributed by atoms with Gasteiger partial charge in [-0.05, 0) is 37.6 Å². The van der Waals surface area contributed by atoms with Gasteiger partial charge in [0.05, 0.1) is 0 Å². The molecule has 0 heterocycles. The molecule has 2 aromatic rings. The van der Waals surface area contributed by atoms with Crippen LogP contribution in [0.1, 0.15) is 29.8 Å². The van der Waals surface area contributed by atoms with E-state index in [0.717, 1.165) is 5.56 Å². The molecule has 24 heavy (non-hydrogen) atoms. The maximum atomic E-state index is 12.7. The number of nitrogens with one attached hydrogen (secondary N) is 1. The molecule has 0 saturated heterocycles. The first-order valence-corrected chi connectivity index (χ1v) is 8.08. The van der Waals surface area contributed by atoms with Crippen LogP contribution in [0.15, 0.2) is 66.4 Å². The lowest BCUT2D eigenvalue weighted by Crippen LogP contribution is -2.38. The number of rotatable bonds is 6. The van der Waals surface area contributed by atoms with E-state index in [2.05, 4.69) is 5.32 Å². The third kappa shape index (κ3) is 4.56. The molecule has 0 fully saturated rings. The Bertz CT molecular complexity index is 705. The van der Waals surface area contributed by atoms with E-state index >= 15 is 0 Å². The average molecular weight is 322 g/mol. The normalized spacial score (nSPS) is 11.0. The maximum Gasteiger partial charge on any atom is 0.270 e. The molecule has 0 atom stereocenters. The van der Waals surface area contributed by atoms with Crippen LogP contribution in [0.25, 0.3) is 6.08 Å². The van der Waals surface area contributed by atoms with Crippen molar-refractivity contribution in [2.75, 3.05) is 13.1 Å². The Labute approximate surface area is 142 Å². The van der Waals surface area contributed by atoms with Gasteiger partial charge < -0.3 is 10.2 Å². The molecule has 2 amide bonds. The summed E-state index contributed by atoms with van der Waals surface area (Å²) in [5.41, 5.74) is 1.66. The highest BCUT2D eigenvalue weighted by Gasteiger charge is 2.18. The lowest BCUT2D eigenvalue weighted by atomic mass is 10.1. The van der Waals surface area contributed by atoms with Gasteiger partial charge in [0.25, 0.3) is 11.8 Å². The molecule has 1 N–H and O–H groups in total. The average Bonchev–Trinajstić information content (AvgIpc) is 2.63. The van der Waals surface area contributed by atoms with Gasteiger partial charge in [-0.3, -0.25) is 9.59 Å². The number of carbonyl (C=O) groups excluding carboxylic acids is 2. The van der Waals surface area contributed by atoms with E-state index in [1.54, 1.807) is 35.2 Å². The molecule has 0 aliphatic heterocycles. The monoisotopic (exact) mass is 322 g/mol. The molecule has 4 nitrogen and oxygen atoms in total. The Morgan fingerprint density at radius 1 is 0.917 bits per heavy atom. The molecule has 0 aliphatic carbocycles. The van der Waals surface area contributed by atoms with Gasteiger partial charge in [-0.1, -0.05) is 48.5 Å². The molecule has 4 heteroatoms. The van der Waals surface area contributed by atoms with E-state index in [0.29, 0.717) is 18.7 Å². The summed E-state index contributed by atoms with van der Waals surface area (Å²) in [5, 5.41) is 2.76. The SMILES string of the molecule is CCN(CC)C(=O)C(=Cc1ccccc1)NC(=O)c1ccccc1. The summed E-state index contributed by atoms with van der Waals surface area (Å²) in [5.74, 6) is -0.480. The molecule has 2 aromatic carbocycles. The Hall–Kier alpha value is -2.88. The Balaban J connectivity index is 2.31. The van der Waals surface area contributed by atoms with E-state index in [1.165, 1.54) is 0 Å². The van der Waals surface area contributed by atoms with Gasteiger partial charge in [-0.2, -0.15) is 0 Å². The van der Waals surface area contributed by atoms with Gasteiger partial charge in [0.15, 0.2) is 0 Å². The van der Waals surface area contributed by atoms with E-state index in [4.69, 9.17) is 0 Å². The predicted molar refractivity (Wildman–Crippen MR) is 96.3 cm³/mol. The topological polar surface area (TPSA) is 49.4 Å². The second kappa shape index (κ2) is 8.67. The van der Waals surface area contributed by atoms with Crippen LogP contribution in [-0.4, -0.2) is 29.8 Å². The van der Waals surface area contributed by atoms with E-state index in [-0.39, 0.29) is 17.5 Å². The summed E-state index contributed by atoms with van der Waals surface area (Å²) >= 11 is 0. The molecule has 0 bridgehead atoms. The minimum atomic E-state index is -0.293. The molecule has 0 unspecified atom stereocenters. The second-order valence-corrected chi connectivity index (χ2v) is 5.27. The van der Waals surface area contributed by atoms with Crippen LogP contribution >= 0.6 is 0 Å². The smallest absolute Gasteiger partial charge is 0.270 e. The van der Waals surface area contributed by atoms with Crippen LogP contribution in [0.4, 0.5) is 0 Å². The van der Waals surface area contributed by atoms with Crippen molar-refractivity contribution in [2.45, 2.75) is 13.8 Å². The summed E-state index contributed by atoms with van der Waals surface area (Å²) in [6.07, 6.45) is 1.71. The fourth-order valence-electron chi connectivity index (χ4n) is 2.33. The van der Waals surface area contributed by atoms with E-state index in [9.17, 15) is 9.59 Å². The Kier molecular flexibility index (Phi) is 6.32. The molecular weight excluding hydrogens is 300 g/mol. The zero-order valence-corrected chi connectivity index (χ0v) is 14.0. The van der Waals surface area contributed by atoms with Crippen molar-refractivity contribution in [2.24, 2.45) is 0 Å². The predicted octanol–water partition coefficient (Wildman–Crippen LogP) is 3.33. The number of amides is 2. The number of hydrogen-bond acceptors (Lipinski definition) is 2. The van der Waals surface area contributed by atoms with E-state index in [1.807, 2.05) is 50.2 Å². The molecule has 0 radical (unpaired) electrons. The summed E-state index contributed by atoms with van der Waals surface area (Å²) in [6, 6.07) is 18.4. The van der Waals surface area contributed by atoms with Crippen LogP contribution in [-0.2, 0) is 4.79 Å². The molecule has 124 valence electrons. The van der Waals surface area contributed by atoms with Gasteiger partial charge in [-0.25, -0.2) is 0 Å². The number of hydrogen-bond donors (Lipinski definition) is 1. The van der Waals surface area contributed by atoms with Crippen molar-refractivity contribution in [3.05, 3.63) is 77.5 Å². The third-order valence-electron chi connectivity index (χ3n) is 3.68. The maximum absolute atomic E-state index is 12.7. The molecule has 2 rings (SSSR count). The van der Waals surface area contributed by atoms with Gasteiger partial charge in [0.2, 0.25) is 0 Å². The first kappa shape index (κ1) is 17.5. The van der Waals surface area contributed by atoms with Crippen LogP contribution in [0.5, 0.6) is 0 Å². The Morgan fingerprint density at radius 3 is 2.00 bits per heavy atom. The first-order valence-electron chi connectivity index (χ1n) is 8.08. The van der Waals surface area contributed by atoms with Crippen LogP contribution in [0.2, 0.25) is 0 Å². The standard InChI is InChI=1S/C20H22N2O2/c1-3-22(4-2)20(24)18(15-16-11-7-5-8-12-16)21-19(23)17-13-9-6-10-14-17/h5-15H,3-4H2,1-2H3,(H,21,23). The summed E-state index contributed by atoms with van der Waals surface area (Å²) in [6.45, 7) is 5.01. The van der Waals surface area contributed by atoms with Crippen LogP contribution in [0, 0.1) is 0 Å². The van der Waals surface area contributed by atoms with Crippen molar-refractivity contribution in [1.82, 2.24) is 10.2 Å². The van der Waals surface area contributed by atoms with Crippen molar-refractivity contribution in [1.29, 1.82) is 0 Å². The Morgan fingerprint density at radius 2 is 1.46 bits per heavy atom. The third-order valence-corrected chi connectivity index (χ3v) is 3.68. The van der Waals surface area contributed by atoms with Gasteiger partial charge in [0, 0.05) is 18.7 Å². The number of benzene rings is 2. The number of likely N-dealkylation sites (N-methyl/N-ethyl adjacent to an activating group) is 1. The lowest BCUT2D eigenvalue weighted by Gasteiger charge is -2.21. The molecule has 0 saturated carbocycles. The number of carbonyl (C=O) groups is 2. The van der Waals surface area contributed by atoms with Crippen molar-refractivity contribution >= 4 is 17.9 Å². The fraction of sp³-hybridized carbons (Fsp3) is 0.200. The molecule has 0 aromatic heterocycles.